The van der Waals surface area contributed by atoms with Crippen LogP contribution in [-0.2, 0) is 11.3 Å². The van der Waals surface area contributed by atoms with Crippen LogP contribution in [0.25, 0.3) is 5.76 Å². The van der Waals surface area contributed by atoms with E-state index in [0.717, 1.165) is 42.4 Å². The second-order valence-corrected chi connectivity index (χ2v) is 9.05. The molecule has 0 radical (unpaired) electrons. The number of aryl methyl sites for hydroxylation is 1. The maximum Gasteiger partial charge on any atom is 0.241 e. The first-order valence-electron chi connectivity index (χ1n) is 11.5. The highest BCUT2D eigenvalue weighted by atomic mass is 16.3. The largest absolute Gasteiger partial charge is 0.507 e. The normalized spacial score (nSPS) is 14.9. The summed E-state index contributed by atoms with van der Waals surface area (Å²) in [6.45, 7) is 3.43. The lowest BCUT2D eigenvalue weighted by atomic mass is 10.1. The van der Waals surface area contributed by atoms with Crippen LogP contribution in [0, 0.1) is 6.92 Å². The maximum atomic E-state index is 13.5. The molecule has 0 bridgehead atoms. The van der Waals surface area contributed by atoms with Crippen LogP contribution in [-0.4, -0.2) is 41.2 Å². The summed E-state index contributed by atoms with van der Waals surface area (Å²) in [5, 5.41) is 20.9. The van der Waals surface area contributed by atoms with Crippen molar-refractivity contribution in [2.24, 2.45) is 0 Å². The number of carbonyl (C=O) groups is 1. The molecule has 0 aliphatic heterocycles. The SMILES string of the molecule is Cc1ccc(CN(C(=O)CN(C)CC2=CCCC=C2)c2ccc(O)c(C(O)=C3CC3)c2)cc1. The second kappa shape index (κ2) is 10.1. The van der Waals surface area contributed by atoms with Gasteiger partial charge in [-0.1, -0.05) is 48.1 Å². The van der Waals surface area contributed by atoms with Gasteiger partial charge in [0.1, 0.15) is 11.5 Å². The van der Waals surface area contributed by atoms with Crippen LogP contribution in [0.3, 0.4) is 0 Å². The number of hydrogen-bond acceptors (Lipinski definition) is 4. The van der Waals surface area contributed by atoms with E-state index in [0.29, 0.717) is 24.3 Å². The van der Waals surface area contributed by atoms with Crippen molar-refractivity contribution in [1.82, 2.24) is 4.90 Å². The fourth-order valence-electron chi connectivity index (χ4n) is 4.04. The molecule has 0 spiro atoms. The van der Waals surface area contributed by atoms with E-state index in [9.17, 15) is 15.0 Å². The van der Waals surface area contributed by atoms with Crippen LogP contribution in [0.2, 0.25) is 0 Å². The molecule has 4 rings (SSSR count). The topological polar surface area (TPSA) is 64.0 Å². The molecule has 1 saturated carbocycles. The number of likely N-dealkylation sites (N-methyl/N-ethyl adjacent to an activating group) is 1. The molecule has 5 heteroatoms. The molecule has 2 aromatic carbocycles. The summed E-state index contributed by atoms with van der Waals surface area (Å²) < 4.78 is 0. The minimum absolute atomic E-state index is 0.0199. The zero-order valence-corrected chi connectivity index (χ0v) is 19.4. The Bertz CT molecular complexity index is 1110. The predicted octanol–water partition coefficient (Wildman–Crippen LogP) is 5.50. The van der Waals surface area contributed by atoms with Crippen molar-refractivity contribution < 1.29 is 15.0 Å². The third-order valence-corrected chi connectivity index (χ3v) is 6.07. The van der Waals surface area contributed by atoms with Gasteiger partial charge >= 0.3 is 0 Å². The summed E-state index contributed by atoms with van der Waals surface area (Å²) in [4.78, 5) is 17.3. The highest BCUT2D eigenvalue weighted by Crippen LogP contribution is 2.39. The highest BCUT2D eigenvalue weighted by Gasteiger charge is 2.24. The lowest BCUT2D eigenvalue weighted by Gasteiger charge is -2.27. The molecule has 5 nitrogen and oxygen atoms in total. The van der Waals surface area contributed by atoms with Gasteiger partial charge in [-0.25, -0.2) is 0 Å². The van der Waals surface area contributed by atoms with E-state index in [1.165, 1.54) is 5.57 Å². The van der Waals surface area contributed by atoms with Gasteiger partial charge in [-0.05, 0) is 74.6 Å². The van der Waals surface area contributed by atoms with Crippen LogP contribution in [0.4, 0.5) is 5.69 Å². The van der Waals surface area contributed by atoms with Crippen molar-refractivity contribution in [3.05, 3.63) is 88.5 Å². The smallest absolute Gasteiger partial charge is 0.241 e. The Morgan fingerprint density at radius 2 is 1.79 bits per heavy atom. The van der Waals surface area contributed by atoms with E-state index >= 15 is 0 Å². The van der Waals surface area contributed by atoms with Crippen molar-refractivity contribution in [2.75, 3.05) is 25.0 Å². The molecule has 2 aliphatic rings. The van der Waals surface area contributed by atoms with E-state index in [1.807, 2.05) is 43.1 Å². The van der Waals surface area contributed by atoms with Crippen LogP contribution >= 0.6 is 0 Å². The van der Waals surface area contributed by atoms with Gasteiger partial charge in [-0.15, -0.1) is 0 Å². The monoisotopic (exact) mass is 444 g/mol. The molecular formula is C28H32N2O3. The summed E-state index contributed by atoms with van der Waals surface area (Å²) >= 11 is 0. The predicted molar refractivity (Wildman–Crippen MR) is 133 cm³/mol. The number of allylic oxidation sites excluding steroid dienone is 3. The molecule has 33 heavy (non-hydrogen) atoms. The lowest BCUT2D eigenvalue weighted by molar-refractivity contribution is -0.119. The number of anilines is 1. The molecule has 172 valence electrons. The third-order valence-electron chi connectivity index (χ3n) is 6.07. The second-order valence-electron chi connectivity index (χ2n) is 9.05. The van der Waals surface area contributed by atoms with Crippen molar-refractivity contribution in [3.8, 4) is 5.75 Å². The van der Waals surface area contributed by atoms with Gasteiger partial charge in [0.15, 0.2) is 0 Å². The molecule has 0 atom stereocenters. The van der Waals surface area contributed by atoms with Crippen molar-refractivity contribution in [2.45, 2.75) is 39.2 Å². The average Bonchev–Trinajstić information content (AvgIpc) is 3.65. The van der Waals surface area contributed by atoms with Gasteiger partial charge in [0.2, 0.25) is 5.91 Å². The van der Waals surface area contributed by atoms with Crippen molar-refractivity contribution in [1.29, 1.82) is 0 Å². The molecule has 2 aliphatic carbocycles. The number of hydrogen-bond donors (Lipinski definition) is 2. The third kappa shape index (κ3) is 5.93. The average molecular weight is 445 g/mol. The summed E-state index contributed by atoms with van der Waals surface area (Å²) in [6, 6.07) is 13.1. The van der Waals surface area contributed by atoms with E-state index in [1.54, 1.807) is 23.1 Å². The van der Waals surface area contributed by atoms with E-state index in [4.69, 9.17) is 0 Å². The van der Waals surface area contributed by atoms with E-state index in [2.05, 4.69) is 18.2 Å². The Hall–Kier alpha value is -3.31. The minimum Gasteiger partial charge on any atom is -0.507 e. The zero-order chi connectivity index (χ0) is 23.4. The van der Waals surface area contributed by atoms with E-state index < -0.39 is 0 Å². The number of carbonyl (C=O) groups excluding carboxylic acids is 1. The molecule has 0 unspecified atom stereocenters. The quantitative estimate of drug-likeness (QED) is 0.528. The van der Waals surface area contributed by atoms with Crippen LogP contribution in [0.5, 0.6) is 5.75 Å². The molecule has 1 amide bonds. The molecule has 0 aromatic heterocycles. The minimum atomic E-state index is -0.0336. The number of benzene rings is 2. The number of phenols is 1. The summed E-state index contributed by atoms with van der Waals surface area (Å²) in [5.41, 5.74) is 5.40. The molecule has 1 fully saturated rings. The van der Waals surface area contributed by atoms with Crippen LogP contribution in [0.1, 0.15) is 42.4 Å². The number of phenolic OH excluding ortho intramolecular Hbond substituents is 1. The fraction of sp³-hybridized carbons (Fsp3) is 0.321. The zero-order valence-electron chi connectivity index (χ0n) is 19.4. The van der Waals surface area contributed by atoms with Crippen LogP contribution < -0.4 is 4.90 Å². The first-order valence-corrected chi connectivity index (χ1v) is 11.5. The van der Waals surface area contributed by atoms with Gasteiger partial charge < -0.3 is 15.1 Å². The Kier molecular flexibility index (Phi) is 6.99. The fourth-order valence-corrected chi connectivity index (χ4v) is 4.04. The molecule has 0 heterocycles. The standard InChI is InChI=1S/C28H32N2O3/c1-20-8-10-22(11-9-20)18-30(27(32)19-29(2)17-21-6-4-3-5-7-21)24-14-15-26(31)25(16-24)28(33)23-12-13-23/h4,6-11,14-16,31,33H,3,5,12-13,17-19H2,1-2H3. The summed E-state index contributed by atoms with van der Waals surface area (Å²) in [6.07, 6.45) is 10.3. The molecular weight excluding hydrogens is 412 g/mol. The number of aliphatic hydroxyl groups is 1. The van der Waals surface area contributed by atoms with Crippen molar-refractivity contribution in [3.63, 3.8) is 0 Å². The number of amides is 1. The first-order chi connectivity index (χ1) is 15.9. The first kappa shape index (κ1) is 22.9. The van der Waals surface area contributed by atoms with E-state index in [-0.39, 0.29) is 24.0 Å². The Labute approximate surface area is 196 Å². The number of aliphatic hydroxyl groups excluding tert-OH is 1. The summed E-state index contributed by atoms with van der Waals surface area (Å²) in [5.74, 6) is 0.116. The van der Waals surface area contributed by atoms with Crippen molar-refractivity contribution >= 4 is 17.4 Å². The van der Waals surface area contributed by atoms with Gasteiger partial charge in [-0.2, -0.15) is 0 Å². The Balaban J connectivity index is 1.59. The summed E-state index contributed by atoms with van der Waals surface area (Å²) in [7, 11) is 1.96. The number of rotatable bonds is 8. The molecule has 2 aromatic rings. The maximum absolute atomic E-state index is 13.5. The van der Waals surface area contributed by atoms with Gasteiger partial charge in [0, 0.05) is 12.2 Å². The molecule has 0 saturated heterocycles. The van der Waals surface area contributed by atoms with Gasteiger partial charge in [0.25, 0.3) is 0 Å². The molecule has 2 N–H and O–H groups in total. The van der Waals surface area contributed by atoms with Crippen LogP contribution in [0.15, 0.2) is 71.8 Å². The van der Waals surface area contributed by atoms with Gasteiger partial charge in [-0.3, -0.25) is 9.69 Å². The Morgan fingerprint density at radius 1 is 1.03 bits per heavy atom. The highest BCUT2D eigenvalue weighted by molar-refractivity contribution is 5.95. The lowest BCUT2D eigenvalue weighted by Crippen LogP contribution is -2.39. The Morgan fingerprint density at radius 3 is 2.45 bits per heavy atom. The number of aromatic hydroxyl groups is 1. The van der Waals surface area contributed by atoms with Gasteiger partial charge in [0.05, 0.1) is 18.7 Å². The number of nitrogens with zero attached hydrogens (tertiary/aromatic N) is 2.